The SMILES string of the molecule is Cc1cccc(NC(=O)c2cncc(C(=O)NC(C)(C)C)c2)c1C. The van der Waals surface area contributed by atoms with Crippen LogP contribution in [0, 0.1) is 13.8 Å². The van der Waals surface area contributed by atoms with E-state index in [2.05, 4.69) is 15.6 Å². The lowest BCUT2D eigenvalue weighted by Gasteiger charge is -2.20. The number of rotatable bonds is 3. The number of amides is 2. The molecule has 5 nitrogen and oxygen atoms in total. The second kappa shape index (κ2) is 6.83. The van der Waals surface area contributed by atoms with E-state index in [1.807, 2.05) is 52.8 Å². The Bertz CT molecular complexity index is 776. The van der Waals surface area contributed by atoms with Crippen molar-refractivity contribution < 1.29 is 9.59 Å². The van der Waals surface area contributed by atoms with Crippen LogP contribution in [0.15, 0.2) is 36.7 Å². The van der Waals surface area contributed by atoms with E-state index in [4.69, 9.17) is 0 Å². The zero-order chi connectivity index (χ0) is 17.9. The summed E-state index contributed by atoms with van der Waals surface area (Å²) in [5.41, 5.74) is 3.22. The van der Waals surface area contributed by atoms with Gasteiger partial charge in [0.05, 0.1) is 11.1 Å². The molecule has 0 radical (unpaired) electrons. The standard InChI is InChI=1S/C19H23N3O2/c1-12-7-6-8-16(13(12)2)21-17(23)14-9-15(11-20-10-14)18(24)22-19(3,4)5/h6-11H,1-5H3,(H,21,23)(H,22,24). The Kier molecular flexibility index (Phi) is 5.02. The predicted molar refractivity (Wildman–Crippen MR) is 95.3 cm³/mol. The smallest absolute Gasteiger partial charge is 0.257 e. The number of aromatic nitrogens is 1. The van der Waals surface area contributed by atoms with E-state index in [1.54, 1.807) is 6.07 Å². The first-order valence-electron chi connectivity index (χ1n) is 7.82. The Morgan fingerprint density at radius 2 is 1.62 bits per heavy atom. The summed E-state index contributed by atoms with van der Waals surface area (Å²) in [6.07, 6.45) is 2.91. The van der Waals surface area contributed by atoms with E-state index >= 15 is 0 Å². The maximum Gasteiger partial charge on any atom is 0.257 e. The Labute approximate surface area is 142 Å². The van der Waals surface area contributed by atoms with Crippen molar-refractivity contribution in [3.63, 3.8) is 0 Å². The van der Waals surface area contributed by atoms with Crippen LogP contribution in [0.2, 0.25) is 0 Å². The van der Waals surface area contributed by atoms with E-state index in [1.165, 1.54) is 12.4 Å². The Morgan fingerprint density at radius 3 is 2.25 bits per heavy atom. The lowest BCUT2D eigenvalue weighted by Crippen LogP contribution is -2.40. The van der Waals surface area contributed by atoms with Crippen molar-refractivity contribution in [2.24, 2.45) is 0 Å². The van der Waals surface area contributed by atoms with Crippen molar-refractivity contribution in [3.8, 4) is 0 Å². The maximum atomic E-state index is 12.5. The molecular weight excluding hydrogens is 302 g/mol. The van der Waals surface area contributed by atoms with Crippen LogP contribution in [0.3, 0.4) is 0 Å². The number of benzene rings is 1. The molecule has 0 unspecified atom stereocenters. The molecule has 126 valence electrons. The molecule has 0 atom stereocenters. The summed E-state index contributed by atoms with van der Waals surface area (Å²) in [5, 5.41) is 5.73. The molecular formula is C19H23N3O2. The maximum absolute atomic E-state index is 12.5. The van der Waals surface area contributed by atoms with Crippen LogP contribution in [0.5, 0.6) is 0 Å². The third-order valence-electron chi connectivity index (χ3n) is 3.60. The van der Waals surface area contributed by atoms with Crippen molar-refractivity contribution in [1.29, 1.82) is 0 Å². The summed E-state index contributed by atoms with van der Waals surface area (Å²) in [6, 6.07) is 7.28. The summed E-state index contributed by atoms with van der Waals surface area (Å²) >= 11 is 0. The third-order valence-corrected chi connectivity index (χ3v) is 3.60. The average molecular weight is 325 g/mol. The summed E-state index contributed by atoms with van der Waals surface area (Å²) < 4.78 is 0. The van der Waals surface area contributed by atoms with Crippen LogP contribution < -0.4 is 10.6 Å². The largest absolute Gasteiger partial charge is 0.347 e. The molecule has 0 saturated carbocycles. The van der Waals surface area contributed by atoms with E-state index in [-0.39, 0.29) is 17.4 Å². The highest BCUT2D eigenvalue weighted by Gasteiger charge is 2.17. The van der Waals surface area contributed by atoms with E-state index in [0.29, 0.717) is 11.1 Å². The highest BCUT2D eigenvalue weighted by atomic mass is 16.2. The Hall–Kier alpha value is -2.69. The number of nitrogens with one attached hydrogen (secondary N) is 2. The van der Waals surface area contributed by atoms with E-state index < -0.39 is 0 Å². The highest BCUT2D eigenvalue weighted by Crippen LogP contribution is 2.19. The summed E-state index contributed by atoms with van der Waals surface area (Å²) in [7, 11) is 0. The van der Waals surface area contributed by atoms with Crippen LogP contribution in [-0.4, -0.2) is 22.3 Å². The predicted octanol–water partition coefficient (Wildman–Crippen LogP) is 3.48. The van der Waals surface area contributed by atoms with Gasteiger partial charge in [0.15, 0.2) is 0 Å². The molecule has 0 aliphatic heterocycles. The molecule has 0 fully saturated rings. The van der Waals surface area contributed by atoms with Crippen LogP contribution in [0.25, 0.3) is 0 Å². The lowest BCUT2D eigenvalue weighted by atomic mass is 10.1. The van der Waals surface area contributed by atoms with Crippen LogP contribution in [-0.2, 0) is 0 Å². The fourth-order valence-corrected chi connectivity index (χ4v) is 2.18. The zero-order valence-corrected chi connectivity index (χ0v) is 14.7. The highest BCUT2D eigenvalue weighted by molar-refractivity contribution is 6.06. The molecule has 0 aliphatic rings. The molecule has 5 heteroatoms. The number of pyridine rings is 1. The summed E-state index contributed by atoms with van der Waals surface area (Å²) in [6.45, 7) is 9.64. The molecule has 1 aromatic heterocycles. The molecule has 2 amide bonds. The van der Waals surface area contributed by atoms with Gasteiger partial charge in [-0.3, -0.25) is 14.6 Å². The zero-order valence-electron chi connectivity index (χ0n) is 14.7. The van der Waals surface area contributed by atoms with Gasteiger partial charge in [-0.15, -0.1) is 0 Å². The Balaban J connectivity index is 2.20. The first-order valence-corrected chi connectivity index (χ1v) is 7.82. The van der Waals surface area contributed by atoms with Crippen molar-refractivity contribution >= 4 is 17.5 Å². The summed E-state index contributed by atoms with van der Waals surface area (Å²) in [5.74, 6) is -0.544. The second-order valence-corrected chi connectivity index (χ2v) is 6.87. The van der Waals surface area contributed by atoms with Crippen LogP contribution in [0.1, 0.15) is 52.6 Å². The number of hydrogen-bond acceptors (Lipinski definition) is 3. The van der Waals surface area contributed by atoms with E-state index in [0.717, 1.165) is 16.8 Å². The van der Waals surface area contributed by atoms with Crippen molar-refractivity contribution in [1.82, 2.24) is 10.3 Å². The number of nitrogens with zero attached hydrogens (tertiary/aromatic N) is 1. The van der Waals surface area contributed by atoms with E-state index in [9.17, 15) is 9.59 Å². The molecule has 1 aromatic carbocycles. The summed E-state index contributed by atoms with van der Waals surface area (Å²) in [4.78, 5) is 28.7. The number of carbonyl (C=O) groups is 2. The third kappa shape index (κ3) is 4.41. The second-order valence-electron chi connectivity index (χ2n) is 6.87. The van der Waals surface area contributed by atoms with Gasteiger partial charge in [0.2, 0.25) is 0 Å². The molecule has 0 spiro atoms. The van der Waals surface area contributed by atoms with Gasteiger partial charge in [0.1, 0.15) is 0 Å². The molecule has 2 rings (SSSR count). The lowest BCUT2D eigenvalue weighted by molar-refractivity contribution is 0.0919. The molecule has 2 aromatic rings. The van der Waals surface area contributed by atoms with Gasteiger partial charge in [-0.1, -0.05) is 12.1 Å². The van der Waals surface area contributed by atoms with Crippen LogP contribution in [0.4, 0.5) is 5.69 Å². The molecule has 1 heterocycles. The van der Waals surface area contributed by atoms with Gasteiger partial charge in [-0.2, -0.15) is 0 Å². The minimum Gasteiger partial charge on any atom is -0.347 e. The first kappa shape index (κ1) is 17.7. The molecule has 24 heavy (non-hydrogen) atoms. The molecule has 2 N–H and O–H groups in total. The minimum absolute atomic E-state index is 0.253. The van der Waals surface area contributed by atoms with Crippen molar-refractivity contribution in [2.45, 2.75) is 40.2 Å². The van der Waals surface area contributed by atoms with Gasteiger partial charge >= 0.3 is 0 Å². The Morgan fingerprint density at radius 1 is 1.00 bits per heavy atom. The fourth-order valence-electron chi connectivity index (χ4n) is 2.18. The quantitative estimate of drug-likeness (QED) is 0.907. The minimum atomic E-state index is -0.353. The normalized spacial score (nSPS) is 11.0. The fraction of sp³-hybridized carbons (Fsp3) is 0.316. The van der Waals surface area contributed by atoms with Crippen LogP contribution >= 0.6 is 0 Å². The van der Waals surface area contributed by atoms with Gasteiger partial charge in [-0.25, -0.2) is 0 Å². The number of hydrogen-bond donors (Lipinski definition) is 2. The van der Waals surface area contributed by atoms with Gasteiger partial charge in [0.25, 0.3) is 11.8 Å². The molecule has 0 saturated heterocycles. The molecule has 0 aliphatic carbocycles. The van der Waals surface area contributed by atoms with Gasteiger partial charge in [0, 0.05) is 23.6 Å². The number of aryl methyl sites for hydroxylation is 1. The van der Waals surface area contributed by atoms with Gasteiger partial charge < -0.3 is 10.6 Å². The monoisotopic (exact) mass is 325 g/mol. The van der Waals surface area contributed by atoms with Crippen molar-refractivity contribution in [3.05, 3.63) is 58.9 Å². The van der Waals surface area contributed by atoms with Gasteiger partial charge in [-0.05, 0) is 57.9 Å². The average Bonchev–Trinajstić information content (AvgIpc) is 2.50. The molecule has 0 bridgehead atoms. The van der Waals surface area contributed by atoms with Crippen molar-refractivity contribution in [2.75, 3.05) is 5.32 Å². The first-order chi connectivity index (χ1) is 11.2. The number of carbonyl (C=O) groups excluding carboxylic acids is 2. The topological polar surface area (TPSA) is 71.1 Å². The number of anilines is 1.